The predicted octanol–water partition coefficient (Wildman–Crippen LogP) is 3.85. The van der Waals surface area contributed by atoms with E-state index in [0.717, 1.165) is 35.3 Å². The number of rotatable bonds is 8. The van der Waals surface area contributed by atoms with Crippen LogP contribution < -0.4 is 4.74 Å². The van der Waals surface area contributed by atoms with E-state index in [-0.39, 0.29) is 0 Å². The molecule has 0 saturated heterocycles. The average Bonchev–Trinajstić information content (AvgIpc) is 3.25. The van der Waals surface area contributed by atoms with Crippen LogP contribution in [0.3, 0.4) is 0 Å². The van der Waals surface area contributed by atoms with Gasteiger partial charge in [0, 0.05) is 13.0 Å². The molecular formula is C18H23N5O2S. The molecule has 0 radical (unpaired) electrons. The molecule has 0 unspecified atom stereocenters. The highest BCUT2D eigenvalue weighted by Gasteiger charge is 2.17. The number of thioether (sulfide) groups is 1. The van der Waals surface area contributed by atoms with E-state index in [1.807, 2.05) is 24.3 Å². The lowest BCUT2D eigenvalue weighted by atomic mass is 10.1. The van der Waals surface area contributed by atoms with Crippen molar-refractivity contribution in [1.29, 1.82) is 0 Å². The zero-order valence-corrected chi connectivity index (χ0v) is 16.3. The van der Waals surface area contributed by atoms with Crippen LogP contribution in [0.5, 0.6) is 5.75 Å². The lowest BCUT2D eigenvalue weighted by Crippen LogP contribution is -2.01. The normalized spacial score (nSPS) is 11.3. The quantitative estimate of drug-likeness (QED) is 0.555. The van der Waals surface area contributed by atoms with Crippen LogP contribution in [0.4, 0.5) is 0 Å². The van der Waals surface area contributed by atoms with Crippen molar-refractivity contribution in [1.82, 2.24) is 24.9 Å². The van der Waals surface area contributed by atoms with E-state index in [1.165, 1.54) is 0 Å². The maximum atomic E-state index is 5.45. The van der Waals surface area contributed by atoms with Crippen LogP contribution in [-0.2, 0) is 18.7 Å². The Morgan fingerprint density at radius 3 is 2.77 bits per heavy atom. The molecule has 0 fully saturated rings. The SMILES string of the molecule is CCn1c(SCc2noc(CC(C)C)n2)nnc1-c1ccccc1OC. The summed E-state index contributed by atoms with van der Waals surface area (Å²) in [5.74, 6) is 4.01. The Bertz CT molecular complexity index is 859. The van der Waals surface area contributed by atoms with Gasteiger partial charge in [0.15, 0.2) is 16.8 Å². The molecule has 3 aromatic rings. The van der Waals surface area contributed by atoms with Crippen LogP contribution >= 0.6 is 11.8 Å². The Morgan fingerprint density at radius 2 is 2.04 bits per heavy atom. The summed E-state index contributed by atoms with van der Waals surface area (Å²) in [5, 5.41) is 13.6. The highest BCUT2D eigenvalue weighted by molar-refractivity contribution is 7.98. The Balaban J connectivity index is 1.77. The largest absolute Gasteiger partial charge is 0.496 e. The number of para-hydroxylation sites is 1. The molecule has 0 spiro atoms. The standard InChI is InChI=1S/C18H23N5O2S/c1-5-23-17(13-8-6-7-9-14(13)24-4)20-21-18(23)26-11-15-19-16(25-22-15)10-12(2)3/h6-9,12H,5,10-11H2,1-4H3. The van der Waals surface area contributed by atoms with E-state index >= 15 is 0 Å². The summed E-state index contributed by atoms with van der Waals surface area (Å²) >= 11 is 1.55. The van der Waals surface area contributed by atoms with Crippen molar-refractivity contribution in [3.63, 3.8) is 0 Å². The number of hydrogen-bond donors (Lipinski definition) is 0. The van der Waals surface area contributed by atoms with Crippen LogP contribution in [0.25, 0.3) is 11.4 Å². The molecule has 138 valence electrons. The zero-order chi connectivity index (χ0) is 18.5. The fourth-order valence-electron chi connectivity index (χ4n) is 2.62. The van der Waals surface area contributed by atoms with Crippen molar-refractivity contribution in [2.24, 2.45) is 5.92 Å². The zero-order valence-electron chi connectivity index (χ0n) is 15.5. The lowest BCUT2D eigenvalue weighted by Gasteiger charge is -2.09. The Morgan fingerprint density at radius 1 is 1.23 bits per heavy atom. The van der Waals surface area contributed by atoms with Crippen molar-refractivity contribution in [3.05, 3.63) is 36.0 Å². The van der Waals surface area contributed by atoms with Gasteiger partial charge in [-0.3, -0.25) is 0 Å². The second kappa shape index (κ2) is 8.35. The molecule has 2 heterocycles. The molecule has 7 nitrogen and oxygen atoms in total. The molecule has 8 heteroatoms. The lowest BCUT2D eigenvalue weighted by molar-refractivity contribution is 0.360. The van der Waals surface area contributed by atoms with E-state index in [4.69, 9.17) is 9.26 Å². The van der Waals surface area contributed by atoms with Gasteiger partial charge in [-0.2, -0.15) is 4.98 Å². The predicted molar refractivity (Wildman–Crippen MR) is 100 cm³/mol. The first-order valence-corrected chi connectivity index (χ1v) is 9.61. The summed E-state index contributed by atoms with van der Waals surface area (Å²) in [7, 11) is 1.66. The van der Waals surface area contributed by atoms with Crippen molar-refractivity contribution >= 4 is 11.8 Å². The van der Waals surface area contributed by atoms with E-state index < -0.39 is 0 Å². The van der Waals surface area contributed by atoms with Crippen molar-refractivity contribution in [3.8, 4) is 17.1 Å². The van der Waals surface area contributed by atoms with Gasteiger partial charge in [-0.15, -0.1) is 10.2 Å². The molecule has 0 aliphatic rings. The highest BCUT2D eigenvalue weighted by atomic mass is 32.2. The number of aromatic nitrogens is 5. The smallest absolute Gasteiger partial charge is 0.226 e. The summed E-state index contributed by atoms with van der Waals surface area (Å²) < 4.78 is 12.8. The van der Waals surface area contributed by atoms with Gasteiger partial charge in [0.25, 0.3) is 0 Å². The van der Waals surface area contributed by atoms with Gasteiger partial charge >= 0.3 is 0 Å². The van der Waals surface area contributed by atoms with Crippen LogP contribution in [0.1, 0.15) is 32.5 Å². The van der Waals surface area contributed by atoms with E-state index in [9.17, 15) is 0 Å². The average molecular weight is 373 g/mol. The molecule has 3 rings (SSSR count). The van der Waals surface area contributed by atoms with Gasteiger partial charge in [0.05, 0.1) is 18.4 Å². The number of methoxy groups -OCH3 is 1. The third-order valence-electron chi connectivity index (χ3n) is 3.80. The number of ether oxygens (including phenoxy) is 1. The summed E-state index contributed by atoms with van der Waals surface area (Å²) in [6, 6.07) is 7.82. The minimum atomic E-state index is 0.488. The maximum Gasteiger partial charge on any atom is 0.226 e. The monoisotopic (exact) mass is 373 g/mol. The van der Waals surface area contributed by atoms with Crippen molar-refractivity contribution < 1.29 is 9.26 Å². The molecule has 0 atom stereocenters. The highest BCUT2D eigenvalue weighted by Crippen LogP contribution is 2.31. The Labute approximate surface area is 157 Å². The van der Waals surface area contributed by atoms with E-state index in [0.29, 0.717) is 23.4 Å². The van der Waals surface area contributed by atoms with Crippen LogP contribution in [0.15, 0.2) is 33.9 Å². The first-order chi connectivity index (χ1) is 12.6. The molecule has 1 aromatic carbocycles. The topological polar surface area (TPSA) is 78.9 Å². The fourth-order valence-corrected chi connectivity index (χ4v) is 3.46. The molecular weight excluding hydrogens is 350 g/mol. The molecule has 0 N–H and O–H groups in total. The van der Waals surface area contributed by atoms with Gasteiger partial charge in [0.2, 0.25) is 5.89 Å². The number of nitrogens with zero attached hydrogens (tertiary/aromatic N) is 5. The summed E-state index contributed by atoms with van der Waals surface area (Å²) in [6.07, 6.45) is 0.792. The first-order valence-electron chi connectivity index (χ1n) is 8.63. The van der Waals surface area contributed by atoms with E-state index in [2.05, 4.69) is 45.7 Å². The Kier molecular flexibility index (Phi) is 5.92. The third kappa shape index (κ3) is 4.07. The molecule has 0 aliphatic carbocycles. The van der Waals surface area contributed by atoms with Crippen LogP contribution in [-0.4, -0.2) is 32.0 Å². The van der Waals surface area contributed by atoms with Crippen LogP contribution in [0.2, 0.25) is 0 Å². The van der Waals surface area contributed by atoms with Gasteiger partial charge in [0.1, 0.15) is 5.75 Å². The number of hydrogen-bond acceptors (Lipinski definition) is 7. The second-order valence-corrected chi connectivity index (χ2v) is 7.18. The molecule has 0 aliphatic heterocycles. The molecule has 0 saturated carbocycles. The maximum absolute atomic E-state index is 5.45. The van der Waals surface area contributed by atoms with Gasteiger partial charge in [-0.25, -0.2) is 0 Å². The summed E-state index contributed by atoms with van der Waals surface area (Å²) in [5.41, 5.74) is 0.926. The van der Waals surface area contributed by atoms with Crippen molar-refractivity contribution in [2.75, 3.05) is 7.11 Å². The minimum absolute atomic E-state index is 0.488. The third-order valence-corrected chi connectivity index (χ3v) is 4.77. The minimum Gasteiger partial charge on any atom is -0.496 e. The van der Waals surface area contributed by atoms with Crippen molar-refractivity contribution in [2.45, 2.75) is 44.6 Å². The van der Waals surface area contributed by atoms with E-state index in [1.54, 1.807) is 18.9 Å². The molecule has 0 amide bonds. The second-order valence-electron chi connectivity index (χ2n) is 6.24. The fraction of sp³-hybridized carbons (Fsp3) is 0.444. The Hall–Kier alpha value is -2.35. The van der Waals surface area contributed by atoms with Crippen LogP contribution in [0, 0.1) is 5.92 Å². The summed E-state index contributed by atoms with van der Waals surface area (Å²) in [4.78, 5) is 4.44. The number of benzene rings is 1. The van der Waals surface area contributed by atoms with Gasteiger partial charge in [-0.05, 0) is 25.0 Å². The van der Waals surface area contributed by atoms with Gasteiger partial charge in [-0.1, -0.05) is 42.9 Å². The molecule has 2 aromatic heterocycles. The first kappa shape index (κ1) is 18.4. The summed E-state index contributed by atoms with van der Waals surface area (Å²) in [6.45, 7) is 7.08. The van der Waals surface area contributed by atoms with Gasteiger partial charge < -0.3 is 13.8 Å². The molecule has 26 heavy (non-hydrogen) atoms. The molecule has 0 bridgehead atoms.